The number of phenols is 2. The van der Waals surface area contributed by atoms with Crippen LogP contribution in [0, 0.1) is 10.1 Å². The minimum Gasteiger partial charge on any atom is -0.506 e. The Morgan fingerprint density at radius 3 is 2.47 bits per heavy atom. The number of non-ortho nitro benzene ring substituents is 1. The number of nitrogen functional groups attached to an aromatic ring is 1. The van der Waals surface area contributed by atoms with Crippen molar-refractivity contribution >= 4 is 55.7 Å². The molecule has 0 atom stereocenters. The van der Waals surface area contributed by atoms with Gasteiger partial charge in [0.1, 0.15) is 17.1 Å². The predicted octanol–water partition coefficient (Wildman–Crippen LogP) is 3.83. The minimum absolute atomic E-state index is 0.0383. The molecule has 32 heavy (non-hydrogen) atoms. The molecule has 3 aromatic carbocycles. The molecule has 0 aliphatic carbocycles. The van der Waals surface area contributed by atoms with Gasteiger partial charge in [0, 0.05) is 23.2 Å². The zero-order valence-electron chi connectivity index (χ0n) is 15.4. The van der Waals surface area contributed by atoms with Crippen LogP contribution in [0.25, 0.3) is 10.8 Å². The average Bonchev–Trinajstić information content (AvgIpc) is 2.71. The lowest BCUT2D eigenvalue weighted by molar-refractivity contribution is -0.432. The smallest absolute Gasteiger partial charge is 0.294 e. The molecule has 0 unspecified atom stereocenters. The van der Waals surface area contributed by atoms with Crippen LogP contribution in [0.2, 0.25) is 0 Å². The summed E-state index contributed by atoms with van der Waals surface area (Å²) in [5, 5.41) is 50.9. The lowest BCUT2D eigenvalue weighted by Gasteiger charge is -2.12. The number of aromatic hydroxyl groups is 2. The van der Waals surface area contributed by atoms with Crippen LogP contribution >= 0.6 is 12.0 Å². The third kappa shape index (κ3) is 4.69. The highest BCUT2D eigenvalue weighted by Gasteiger charge is 2.20. The maximum atomic E-state index is 11.5. The molecule has 3 aromatic rings. The fourth-order valence-corrected chi connectivity index (χ4v) is 3.71. The van der Waals surface area contributed by atoms with E-state index in [2.05, 4.69) is 19.6 Å². The van der Waals surface area contributed by atoms with Gasteiger partial charge in [0.2, 0.25) is 0 Å². The first-order chi connectivity index (χ1) is 15.0. The third-order valence-corrected chi connectivity index (χ3v) is 5.48. The van der Waals surface area contributed by atoms with E-state index in [9.17, 15) is 33.3 Å². The fraction of sp³-hybridized carbons (Fsp3) is 0. The first kappa shape index (κ1) is 23.1. The van der Waals surface area contributed by atoms with Gasteiger partial charge in [-0.1, -0.05) is 5.04 Å². The van der Waals surface area contributed by atoms with Gasteiger partial charge >= 0.3 is 0 Å². The second-order valence-corrected chi connectivity index (χ2v) is 8.18. The quantitative estimate of drug-likeness (QED) is 0.0613. The van der Waals surface area contributed by atoms with Crippen molar-refractivity contribution in [3.05, 3.63) is 46.5 Å². The lowest BCUT2D eigenvalue weighted by Crippen LogP contribution is -2.00. The molecule has 0 bridgehead atoms. The number of phenolic OH excluding ortho intramolecular Hbond substituents is 2. The van der Waals surface area contributed by atoms with Crippen LogP contribution in [-0.4, -0.2) is 33.4 Å². The van der Waals surface area contributed by atoms with E-state index in [1.165, 1.54) is 6.07 Å². The van der Waals surface area contributed by atoms with Crippen molar-refractivity contribution in [1.82, 2.24) is 0 Å². The number of hydrogen-bond donors (Lipinski definition) is 5. The molecule has 3 rings (SSSR count). The summed E-state index contributed by atoms with van der Waals surface area (Å²) in [6, 6.07) is 6.15. The Morgan fingerprint density at radius 1 is 1.12 bits per heavy atom. The van der Waals surface area contributed by atoms with Gasteiger partial charge in [0.05, 0.1) is 26.8 Å². The molecule has 0 aliphatic heterocycles. The number of azo groups is 1. The van der Waals surface area contributed by atoms with E-state index in [-0.39, 0.29) is 38.4 Å². The van der Waals surface area contributed by atoms with Gasteiger partial charge in [-0.2, -0.15) is 8.42 Å². The van der Waals surface area contributed by atoms with E-state index in [4.69, 9.17) is 11.0 Å². The van der Waals surface area contributed by atoms with Crippen LogP contribution in [0.4, 0.5) is 22.7 Å². The number of rotatable bonds is 7. The van der Waals surface area contributed by atoms with Crippen molar-refractivity contribution in [1.29, 1.82) is 0 Å². The van der Waals surface area contributed by atoms with Gasteiger partial charge in [-0.05, 0) is 29.7 Å². The molecule has 0 aromatic heterocycles. The van der Waals surface area contributed by atoms with E-state index in [1.54, 1.807) is 0 Å². The first-order valence-corrected chi connectivity index (χ1v) is 10.3. The molecule has 168 valence electrons. The Hall–Kier alpha value is -3.54. The Balaban J connectivity index is 2.22. The zero-order valence-corrected chi connectivity index (χ0v) is 17.1. The Morgan fingerprint density at radius 2 is 1.84 bits per heavy atom. The summed E-state index contributed by atoms with van der Waals surface area (Å²) in [6.07, 6.45) is 0. The number of anilines is 1. The largest absolute Gasteiger partial charge is 0.506 e. The lowest BCUT2D eigenvalue weighted by atomic mass is 10.1. The van der Waals surface area contributed by atoms with Crippen molar-refractivity contribution in [2.45, 2.75) is 9.79 Å². The molecule has 0 heterocycles. The second-order valence-electron chi connectivity index (χ2n) is 6.01. The monoisotopic (exact) mass is 484 g/mol. The zero-order chi connectivity index (χ0) is 23.6. The number of nitro benzene ring substituents is 1. The molecule has 16 heteroatoms. The van der Waals surface area contributed by atoms with Crippen molar-refractivity contribution in [3.8, 4) is 11.5 Å². The molecule has 6 N–H and O–H groups in total. The van der Waals surface area contributed by atoms with Crippen molar-refractivity contribution < 1.29 is 42.7 Å². The van der Waals surface area contributed by atoms with Crippen LogP contribution in [0.3, 0.4) is 0 Å². The summed E-state index contributed by atoms with van der Waals surface area (Å²) in [4.78, 5) is 9.58. The molecular weight excluding hydrogens is 472 g/mol. The molecule has 0 radical (unpaired) electrons. The first-order valence-electron chi connectivity index (χ1n) is 8.13. The number of nitrogens with zero attached hydrogens (tertiary/aromatic N) is 3. The predicted molar refractivity (Wildman–Crippen MR) is 109 cm³/mol. The summed E-state index contributed by atoms with van der Waals surface area (Å²) >= 11 is 0.333. The molecule has 0 fully saturated rings. The van der Waals surface area contributed by atoms with Crippen LogP contribution in [0.1, 0.15) is 0 Å². The van der Waals surface area contributed by atoms with E-state index in [1.807, 2.05) is 0 Å². The number of nitro groups is 1. The number of fused-ring (bicyclic) bond motifs is 1. The summed E-state index contributed by atoms with van der Waals surface area (Å²) in [5.41, 5.74) is 4.59. The fourth-order valence-electron chi connectivity index (χ4n) is 2.66. The van der Waals surface area contributed by atoms with Crippen molar-refractivity contribution in [3.63, 3.8) is 0 Å². The standard InChI is InChI=1S/C16H12N4O10S2/c17-10-6-9(32(26,27)28)3-7-4-13(31-30-29-25)15(16(22)14(7)10)19-18-11-5-8(20(23)24)1-2-12(11)21/h1-6,21-22,25H,17H2,(H,26,27,28). The van der Waals surface area contributed by atoms with Crippen molar-refractivity contribution in [2.75, 3.05) is 5.73 Å². The van der Waals surface area contributed by atoms with E-state index >= 15 is 0 Å². The molecule has 14 nitrogen and oxygen atoms in total. The van der Waals surface area contributed by atoms with Crippen molar-refractivity contribution in [2.24, 2.45) is 10.2 Å². The normalized spacial score (nSPS) is 11.9. The molecular formula is C16H12N4O10S2. The topological polar surface area (TPSA) is 227 Å². The van der Waals surface area contributed by atoms with Gasteiger partial charge in [-0.15, -0.1) is 14.6 Å². The molecule has 0 spiro atoms. The number of nitrogens with two attached hydrogens (primary N) is 1. The Kier molecular flexibility index (Phi) is 6.44. The minimum atomic E-state index is -4.62. The Bertz CT molecular complexity index is 1360. The van der Waals surface area contributed by atoms with E-state index in [0.717, 1.165) is 30.3 Å². The highest BCUT2D eigenvalue weighted by molar-refractivity contribution is 7.94. The molecule has 0 amide bonds. The number of benzene rings is 3. The maximum Gasteiger partial charge on any atom is 0.294 e. The summed E-state index contributed by atoms with van der Waals surface area (Å²) < 4.78 is 36.5. The van der Waals surface area contributed by atoms with Gasteiger partial charge < -0.3 is 15.9 Å². The summed E-state index contributed by atoms with van der Waals surface area (Å²) in [5.74, 6) is -1.05. The van der Waals surface area contributed by atoms with Crippen LogP contribution in [-0.2, 0) is 19.5 Å². The van der Waals surface area contributed by atoms with Gasteiger partial charge in [0.15, 0.2) is 5.75 Å². The highest BCUT2D eigenvalue weighted by Crippen LogP contribution is 2.46. The molecule has 0 saturated heterocycles. The maximum absolute atomic E-state index is 11.5. The van der Waals surface area contributed by atoms with Gasteiger partial charge in [-0.3, -0.25) is 14.7 Å². The Labute approximate surface area is 182 Å². The van der Waals surface area contributed by atoms with Crippen LogP contribution < -0.4 is 5.73 Å². The van der Waals surface area contributed by atoms with Crippen LogP contribution in [0.15, 0.2) is 56.4 Å². The summed E-state index contributed by atoms with van der Waals surface area (Å²) in [7, 11) is -4.62. The molecule has 0 saturated carbocycles. The van der Waals surface area contributed by atoms with Gasteiger partial charge in [0.25, 0.3) is 15.8 Å². The number of hydrogen-bond acceptors (Lipinski definition) is 13. The SMILES string of the molecule is Nc1cc(S(=O)(=O)O)cc2cc(SOOO)c(N=Nc3cc([N+](=O)[O-])ccc3O)c(O)c12. The molecule has 0 aliphatic rings. The second kappa shape index (κ2) is 8.91. The average molecular weight is 484 g/mol. The van der Waals surface area contributed by atoms with E-state index < -0.39 is 31.4 Å². The van der Waals surface area contributed by atoms with Crippen LogP contribution in [0.5, 0.6) is 11.5 Å². The third-order valence-electron chi connectivity index (χ3n) is 4.03. The van der Waals surface area contributed by atoms with E-state index in [0.29, 0.717) is 12.0 Å². The summed E-state index contributed by atoms with van der Waals surface area (Å²) in [6.45, 7) is 0. The highest BCUT2D eigenvalue weighted by atomic mass is 32.2. The van der Waals surface area contributed by atoms with Gasteiger partial charge in [-0.25, -0.2) is 5.26 Å².